The number of halogens is 1. The number of hydrogen-bond donors (Lipinski definition) is 0. The summed E-state index contributed by atoms with van der Waals surface area (Å²) in [6.07, 6.45) is 0.923. The predicted molar refractivity (Wildman–Crippen MR) is 76.7 cm³/mol. The number of rotatable bonds is 2. The SMILES string of the molecule is CC(C)(C)C(Cl)Cc1cccc2ccccc12. The second-order valence-electron chi connectivity index (χ2n) is 5.68. The summed E-state index contributed by atoms with van der Waals surface area (Å²) >= 11 is 6.49. The molecule has 2 rings (SSSR count). The maximum atomic E-state index is 6.49. The lowest BCUT2D eigenvalue weighted by atomic mass is 9.87. The molecule has 0 aliphatic carbocycles. The first-order valence-corrected chi connectivity index (χ1v) is 6.53. The third kappa shape index (κ3) is 2.81. The van der Waals surface area contributed by atoms with Crippen LogP contribution in [0, 0.1) is 5.41 Å². The Kier molecular flexibility index (Phi) is 3.44. The molecule has 0 saturated carbocycles. The van der Waals surface area contributed by atoms with Crippen molar-refractivity contribution in [1.82, 2.24) is 0 Å². The van der Waals surface area contributed by atoms with Gasteiger partial charge < -0.3 is 0 Å². The van der Waals surface area contributed by atoms with Crippen LogP contribution >= 0.6 is 11.6 Å². The summed E-state index contributed by atoms with van der Waals surface area (Å²) in [5, 5.41) is 2.78. The van der Waals surface area contributed by atoms with E-state index in [4.69, 9.17) is 11.6 Å². The van der Waals surface area contributed by atoms with E-state index in [-0.39, 0.29) is 10.8 Å². The lowest BCUT2D eigenvalue weighted by Crippen LogP contribution is -2.22. The van der Waals surface area contributed by atoms with E-state index in [1.54, 1.807) is 0 Å². The summed E-state index contributed by atoms with van der Waals surface area (Å²) in [6, 6.07) is 14.9. The Morgan fingerprint density at radius 2 is 1.65 bits per heavy atom. The van der Waals surface area contributed by atoms with Crippen molar-refractivity contribution in [3.63, 3.8) is 0 Å². The van der Waals surface area contributed by atoms with Crippen LogP contribution in [0.15, 0.2) is 42.5 Å². The Bertz CT molecular complexity index is 503. The van der Waals surface area contributed by atoms with Crippen LogP contribution < -0.4 is 0 Å². The first kappa shape index (κ1) is 12.4. The molecule has 0 N–H and O–H groups in total. The molecule has 90 valence electrons. The fourth-order valence-electron chi connectivity index (χ4n) is 1.97. The van der Waals surface area contributed by atoms with Crippen molar-refractivity contribution in [3.8, 4) is 0 Å². The van der Waals surface area contributed by atoms with Crippen molar-refractivity contribution in [2.24, 2.45) is 5.41 Å². The van der Waals surface area contributed by atoms with Gasteiger partial charge in [0.2, 0.25) is 0 Å². The van der Waals surface area contributed by atoms with E-state index in [2.05, 4.69) is 63.2 Å². The quantitative estimate of drug-likeness (QED) is 0.652. The Morgan fingerprint density at radius 3 is 2.35 bits per heavy atom. The molecule has 0 aliphatic heterocycles. The van der Waals surface area contributed by atoms with Crippen LogP contribution in [-0.2, 0) is 6.42 Å². The van der Waals surface area contributed by atoms with E-state index in [1.165, 1.54) is 16.3 Å². The largest absolute Gasteiger partial charge is 0.122 e. The van der Waals surface area contributed by atoms with Crippen molar-refractivity contribution in [3.05, 3.63) is 48.0 Å². The van der Waals surface area contributed by atoms with E-state index in [0.29, 0.717) is 0 Å². The zero-order valence-corrected chi connectivity index (χ0v) is 11.5. The van der Waals surface area contributed by atoms with Gasteiger partial charge in [-0.15, -0.1) is 11.6 Å². The Labute approximate surface area is 109 Å². The Hall–Kier alpha value is -1.01. The molecule has 2 aromatic rings. The molecule has 0 fully saturated rings. The molecule has 0 nitrogen and oxygen atoms in total. The molecule has 0 heterocycles. The summed E-state index contributed by atoms with van der Waals surface area (Å²) in [7, 11) is 0. The van der Waals surface area contributed by atoms with Gasteiger partial charge in [-0.25, -0.2) is 0 Å². The molecule has 0 amide bonds. The molecule has 1 heteroatoms. The summed E-state index contributed by atoms with van der Waals surface area (Å²) in [5.41, 5.74) is 1.48. The van der Waals surface area contributed by atoms with Gasteiger partial charge in [0.1, 0.15) is 0 Å². The maximum Gasteiger partial charge on any atom is 0.0424 e. The molecule has 17 heavy (non-hydrogen) atoms. The molecule has 0 spiro atoms. The highest BCUT2D eigenvalue weighted by atomic mass is 35.5. The van der Waals surface area contributed by atoms with Crippen LogP contribution in [0.3, 0.4) is 0 Å². The van der Waals surface area contributed by atoms with E-state index in [1.807, 2.05) is 0 Å². The molecule has 0 radical (unpaired) electrons. The fourth-order valence-corrected chi connectivity index (χ4v) is 2.14. The highest BCUT2D eigenvalue weighted by molar-refractivity contribution is 6.21. The van der Waals surface area contributed by atoms with E-state index in [0.717, 1.165) is 6.42 Å². The molecule has 0 saturated heterocycles. The number of fused-ring (bicyclic) bond motifs is 1. The molecular formula is C16H19Cl. The summed E-state index contributed by atoms with van der Waals surface area (Å²) < 4.78 is 0. The van der Waals surface area contributed by atoms with Gasteiger partial charge in [0, 0.05) is 5.38 Å². The normalized spacial score (nSPS) is 13.9. The van der Waals surface area contributed by atoms with Crippen LogP contribution in [0.1, 0.15) is 26.3 Å². The van der Waals surface area contributed by atoms with Crippen LogP contribution in [0.4, 0.5) is 0 Å². The van der Waals surface area contributed by atoms with Crippen molar-refractivity contribution in [2.45, 2.75) is 32.6 Å². The highest BCUT2D eigenvalue weighted by Crippen LogP contribution is 2.29. The number of alkyl halides is 1. The first-order chi connectivity index (χ1) is 7.98. The van der Waals surface area contributed by atoms with E-state index < -0.39 is 0 Å². The van der Waals surface area contributed by atoms with Crippen molar-refractivity contribution < 1.29 is 0 Å². The second kappa shape index (κ2) is 4.70. The van der Waals surface area contributed by atoms with Gasteiger partial charge in [-0.2, -0.15) is 0 Å². The van der Waals surface area contributed by atoms with Gasteiger partial charge in [-0.1, -0.05) is 63.2 Å². The molecule has 0 bridgehead atoms. The van der Waals surface area contributed by atoms with Gasteiger partial charge in [0.25, 0.3) is 0 Å². The molecule has 1 unspecified atom stereocenters. The minimum atomic E-state index is 0.137. The average molecular weight is 247 g/mol. The van der Waals surface area contributed by atoms with Gasteiger partial charge in [-0.3, -0.25) is 0 Å². The smallest absolute Gasteiger partial charge is 0.0424 e. The van der Waals surface area contributed by atoms with Gasteiger partial charge in [0.05, 0.1) is 0 Å². The molecular weight excluding hydrogens is 228 g/mol. The van der Waals surface area contributed by atoms with Crippen LogP contribution in [-0.4, -0.2) is 5.38 Å². The number of benzene rings is 2. The summed E-state index contributed by atoms with van der Waals surface area (Å²) in [5.74, 6) is 0. The van der Waals surface area contributed by atoms with Crippen molar-refractivity contribution in [2.75, 3.05) is 0 Å². The van der Waals surface area contributed by atoms with Crippen LogP contribution in [0.2, 0.25) is 0 Å². The molecule has 2 aromatic carbocycles. The lowest BCUT2D eigenvalue weighted by Gasteiger charge is -2.25. The summed E-state index contributed by atoms with van der Waals surface area (Å²) in [6.45, 7) is 6.57. The highest BCUT2D eigenvalue weighted by Gasteiger charge is 2.22. The van der Waals surface area contributed by atoms with Gasteiger partial charge in [0.15, 0.2) is 0 Å². The summed E-state index contributed by atoms with van der Waals surface area (Å²) in [4.78, 5) is 0. The zero-order chi connectivity index (χ0) is 12.5. The Morgan fingerprint density at radius 1 is 1.00 bits per heavy atom. The third-order valence-corrected chi connectivity index (χ3v) is 4.03. The average Bonchev–Trinajstić information content (AvgIpc) is 2.28. The molecule has 1 atom stereocenters. The minimum Gasteiger partial charge on any atom is -0.122 e. The number of hydrogen-bond acceptors (Lipinski definition) is 0. The topological polar surface area (TPSA) is 0 Å². The molecule has 0 aromatic heterocycles. The maximum absolute atomic E-state index is 6.49. The van der Waals surface area contributed by atoms with Crippen molar-refractivity contribution in [1.29, 1.82) is 0 Å². The molecule has 0 aliphatic rings. The van der Waals surface area contributed by atoms with Gasteiger partial charge >= 0.3 is 0 Å². The minimum absolute atomic E-state index is 0.137. The Balaban J connectivity index is 2.36. The van der Waals surface area contributed by atoms with Crippen LogP contribution in [0.5, 0.6) is 0 Å². The third-order valence-electron chi connectivity index (χ3n) is 3.22. The monoisotopic (exact) mass is 246 g/mol. The predicted octanol–water partition coefficient (Wildman–Crippen LogP) is 5.04. The van der Waals surface area contributed by atoms with Crippen LogP contribution in [0.25, 0.3) is 10.8 Å². The second-order valence-corrected chi connectivity index (χ2v) is 6.20. The van der Waals surface area contributed by atoms with Gasteiger partial charge in [-0.05, 0) is 28.2 Å². The lowest BCUT2D eigenvalue weighted by molar-refractivity contribution is 0.387. The standard InChI is InChI=1S/C16H19Cl/c1-16(2,3)15(17)11-13-9-6-8-12-7-4-5-10-14(12)13/h4-10,15H,11H2,1-3H3. The van der Waals surface area contributed by atoms with Crippen molar-refractivity contribution >= 4 is 22.4 Å². The van der Waals surface area contributed by atoms with E-state index >= 15 is 0 Å². The van der Waals surface area contributed by atoms with E-state index in [9.17, 15) is 0 Å². The zero-order valence-electron chi connectivity index (χ0n) is 10.7. The first-order valence-electron chi connectivity index (χ1n) is 6.09. The fraction of sp³-hybridized carbons (Fsp3) is 0.375.